The van der Waals surface area contributed by atoms with Crippen LogP contribution in [0.25, 0.3) is 11.4 Å². The van der Waals surface area contributed by atoms with E-state index in [9.17, 15) is 0 Å². The van der Waals surface area contributed by atoms with Crippen LogP contribution >= 0.6 is 31.9 Å². The second kappa shape index (κ2) is 5.59. The molecule has 0 saturated heterocycles. The monoisotopic (exact) mass is 383 g/mol. The van der Waals surface area contributed by atoms with Gasteiger partial charge in [-0.2, -0.15) is 0 Å². The number of hydrogen-bond donors (Lipinski definition) is 1. The smallest absolute Gasteiger partial charge is 0.161 e. The van der Waals surface area contributed by atoms with Crippen LogP contribution < -0.4 is 5.73 Å². The molecular formula is C14H15Br2N3. The Morgan fingerprint density at radius 3 is 2.32 bits per heavy atom. The van der Waals surface area contributed by atoms with E-state index in [2.05, 4.69) is 55.7 Å². The molecule has 0 amide bonds. The standard InChI is InChI=1S/C14H15Br2N3/c1-7(2)12-8(3)18-14(19-13(12)17)9-4-5-10(15)11(16)6-9/h4-7H,1-3H3,(H2,17,18,19). The fraction of sp³-hybridized carbons (Fsp3) is 0.286. The Morgan fingerprint density at radius 2 is 1.79 bits per heavy atom. The Kier molecular flexibility index (Phi) is 4.26. The lowest BCUT2D eigenvalue weighted by atomic mass is 10.0. The highest BCUT2D eigenvalue weighted by Gasteiger charge is 2.13. The molecule has 2 N–H and O–H groups in total. The fourth-order valence-corrected chi connectivity index (χ4v) is 2.71. The van der Waals surface area contributed by atoms with E-state index >= 15 is 0 Å². The van der Waals surface area contributed by atoms with Crippen LogP contribution in [0.3, 0.4) is 0 Å². The first-order valence-corrected chi connectivity index (χ1v) is 7.58. The van der Waals surface area contributed by atoms with Crippen LogP contribution in [-0.4, -0.2) is 9.97 Å². The second-order valence-corrected chi connectivity index (χ2v) is 6.42. The summed E-state index contributed by atoms with van der Waals surface area (Å²) in [7, 11) is 0. The van der Waals surface area contributed by atoms with E-state index in [0.29, 0.717) is 17.6 Å². The third-order valence-corrected chi connectivity index (χ3v) is 4.80. The lowest BCUT2D eigenvalue weighted by Crippen LogP contribution is -2.06. The summed E-state index contributed by atoms with van der Waals surface area (Å²) in [6, 6.07) is 5.91. The second-order valence-electron chi connectivity index (χ2n) is 4.72. The van der Waals surface area contributed by atoms with Gasteiger partial charge in [-0.15, -0.1) is 0 Å². The minimum Gasteiger partial charge on any atom is -0.383 e. The first-order chi connectivity index (χ1) is 8.90. The zero-order valence-electron chi connectivity index (χ0n) is 11.0. The van der Waals surface area contributed by atoms with E-state index in [1.54, 1.807) is 0 Å². The zero-order chi connectivity index (χ0) is 14.2. The van der Waals surface area contributed by atoms with Gasteiger partial charge in [0.05, 0.1) is 0 Å². The molecular weight excluding hydrogens is 370 g/mol. The molecule has 0 spiro atoms. The molecule has 0 aliphatic heterocycles. The van der Waals surface area contributed by atoms with Crippen molar-refractivity contribution in [2.24, 2.45) is 0 Å². The highest BCUT2D eigenvalue weighted by atomic mass is 79.9. The maximum Gasteiger partial charge on any atom is 0.161 e. The van der Waals surface area contributed by atoms with Crippen molar-refractivity contribution in [2.75, 3.05) is 5.73 Å². The lowest BCUT2D eigenvalue weighted by molar-refractivity contribution is 0.836. The third kappa shape index (κ3) is 2.98. The summed E-state index contributed by atoms with van der Waals surface area (Å²) in [5.74, 6) is 1.55. The van der Waals surface area contributed by atoms with Gasteiger partial charge in [0.2, 0.25) is 0 Å². The van der Waals surface area contributed by atoms with Gasteiger partial charge in [0, 0.05) is 25.8 Å². The van der Waals surface area contributed by atoms with Crippen LogP contribution in [-0.2, 0) is 0 Å². The van der Waals surface area contributed by atoms with Crippen LogP contribution in [0.15, 0.2) is 27.1 Å². The number of nitrogens with two attached hydrogens (primary N) is 1. The van der Waals surface area contributed by atoms with E-state index in [1.165, 1.54) is 0 Å². The highest BCUT2D eigenvalue weighted by molar-refractivity contribution is 9.13. The molecule has 0 aliphatic rings. The van der Waals surface area contributed by atoms with Crippen molar-refractivity contribution in [1.82, 2.24) is 9.97 Å². The summed E-state index contributed by atoms with van der Waals surface area (Å²) in [6.07, 6.45) is 0. The fourth-order valence-electron chi connectivity index (χ4n) is 2.08. The maximum absolute atomic E-state index is 6.06. The Morgan fingerprint density at radius 1 is 1.11 bits per heavy atom. The number of anilines is 1. The lowest BCUT2D eigenvalue weighted by Gasteiger charge is -2.13. The van der Waals surface area contributed by atoms with Crippen molar-refractivity contribution in [2.45, 2.75) is 26.7 Å². The quantitative estimate of drug-likeness (QED) is 0.817. The van der Waals surface area contributed by atoms with E-state index in [-0.39, 0.29) is 0 Å². The molecule has 0 atom stereocenters. The largest absolute Gasteiger partial charge is 0.383 e. The van der Waals surface area contributed by atoms with E-state index < -0.39 is 0 Å². The Balaban J connectivity index is 2.55. The molecule has 0 unspecified atom stereocenters. The van der Waals surface area contributed by atoms with Crippen LogP contribution in [0.2, 0.25) is 0 Å². The van der Waals surface area contributed by atoms with E-state index in [0.717, 1.165) is 25.8 Å². The molecule has 0 fully saturated rings. The molecule has 1 aromatic heterocycles. The Bertz CT molecular complexity index is 601. The van der Waals surface area contributed by atoms with Gasteiger partial charge < -0.3 is 5.73 Å². The van der Waals surface area contributed by atoms with Crippen molar-refractivity contribution < 1.29 is 0 Å². The highest BCUT2D eigenvalue weighted by Crippen LogP contribution is 2.30. The number of rotatable bonds is 2. The summed E-state index contributed by atoms with van der Waals surface area (Å²) in [5, 5.41) is 0. The molecule has 100 valence electrons. The predicted molar refractivity (Wildman–Crippen MR) is 86.1 cm³/mol. The number of aryl methyl sites for hydroxylation is 1. The number of halogens is 2. The number of nitrogens with zero attached hydrogens (tertiary/aromatic N) is 2. The van der Waals surface area contributed by atoms with Crippen molar-refractivity contribution in [3.8, 4) is 11.4 Å². The minimum absolute atomic E-state index is 0.325. The Hall–Kier alpha value is -0.940. The topological polar surface area (TPSA) is 51.8 Å². The molecule has 2 aromatic rings. The van der Waals surface area contributed by atoms with Gasteiger partial charge in [-0.05, 0) is 62.9 Å². The van der Waals surface area contributed by atoms with Crippen LogP contribution in [0.4, 0.5) is 5.82 Å². The van der Waals surface area contributed by atoms with Gasteiger partial charge >= 0.3 is 0 Å². The van der Waals surface area contributed by atoms with Gasteiger partial charge in [0.15, 0.2) is 5.82 Å². The molecule has 5 heteroatoms. The first kappa shape index (κ1) is 14.5. The Labute approximate surface area is 129 Å². The summed E-state index contributed by atoms with van der Waals surface area (Å²) in [6.45, 7) is 6.17. The van der Waals surface area contributed by atoms with Crippen LogP contribution in [0, 0.1) is 6.92 Å². The summed E-state index contributed by atoms with van der Waals surface area (Å²) in [5.41, 5.74) is 8.97. The van der Waals surface area contributed by atoms with Crippen molar-refractivity contribution >= 4 is 37.7 Å². The van der Waals surface area contributed by atoms with Crippen LogP contribution in [0.5, 0.6) is 0 Å². The first-order valence-electron chi connectivity index (χ1n) is 5.99. The molecule has 0 aliphatic carbocycles. The van der Waals surface area contributed by atoms with Gasteiger partial charge in [-0.3, -0.25) is 0 Å². The van der Waals surface area contributed by atoms with Crippen molar-refractivity contribution in [3.63, 3.8) is 0 Å². The molecule has 1 aromatic carbocycles. The zero-order valence-corrected chi connectivity index (χ0v) is 14.2. The maximum atomic E-state index is 6.06. The summed E-state index contributed by atoms with van der Waals surface area (Å²) in [4.78, 5) is 9.00. The van der Waals surface area contributed by atoms with Crippen molar-refractivity contribution in [3.05, 3.63) is 38.4 Å². The number of benzene rings is 1. The molecule has 1 heterocycles. The third-order valence-electron chi connectivity index (χ3n) is 2.92. The molecule has 0 radical (unpaired) electrons. The van der Waals surface area contributed by atoms with Gasteiger partial charge in [0.25, 0.3) is 0 Å². The van der Waals surface area contributed by atoms with Gasteiger partial charge in [-0.1, -0.05) is 13.8 Å². The summed E-state index contributed by atoms with van der Waals surface area (Å²) < 4.78 is 1.97. The number of aromatic nitrogens is 2. The normalized spacial score (nSPS) is 11.1. The van der Waals surface area contributed by atoms with Crippen LogP contribution in [0.1, 0.15) is 31.0 Å². The summed E-state index contributed by atoms with van der Waals surface area (Å²) >= 11 is 6.93. The number of nitrogen functional groups attached to an aromatic ring is 1. The molecule has 0 bridgehead atoms. The molecule has 3 nitrogen and oxygen atoms in total. The van der Waals surface area contributed by atoms with Gasteiger partial charge in [0.1, 0.15) is 5.82 Å². The van der Waals surface area contributed by atoms with Crippen molar-refractivity contribution in [1.29, 1.82) is 0 Å². The predicted octanol–water partition coefficient (Wildman–Crippen LogP) is 4.68. The molecule has 19 heavy (non-hydrogen) atoms. The number of hydrogen-bond acceptors (Lipinski definition) is 3. The average molecular weight is 385 g/mol. The molecule has 2 rings (SSSR count). The van der Waals surface area contributed by atoms with E-state index in [1.807, 2.05) is 25.1 Å². The average Bonchev–Trinajstić information content (AvgIpc) is 2.31. The van der Waals surface area contributed by atoms with Gasteiger partial charge in [-0.25, -0.2) is 9.97 Å². The molecule has 0 saturated carbocycles. The van der Waals surface area contributed by atoms with E-state index in [4.69, 9.17) is 5.73 Å². The minimum atomic E-state index is 0.325. The SMILES string of the molecule is Cc1nc(-c2ccc(Br)c(Br)c2)nc(N)c1C(C)C.